The van der Waals surface area contributed by atoms with E-state index in [1.807, 2.05) is 20.8 Å². The Morgan fingerprint density at radius 2 is 1.95 bits per heavy atom. The van der Waals surface area contributed by atoms with Crippen LogP contribution in [0.1, 0.15) is 40.0 Å². The predicted molar refractivity (Wildman–Crippen MR) is 75.8 cm³/mol. The van der Waals surface area contributed by atoms with Gasteiger partial charge in [-0.2, -0.15) is 0 Å². The van der Waals surface area contributed by atoms with Gasteiger partial charge >= 0.3 is 12.1 Å². The first-order valence-electron chi connectivity index (χ1n) is 7.52. The van der Waals surface area contributed by atoms with Crippen molar-refractivity contribution in [1.82, 2.24) is 4.90 Å². The van der Waals surface area contributed by atoms with Crippen molar-refractivity contribution in [3.05, 3.63) is 0 Å². The maximum Gasteiger partial charge on any atom is 0.411 e. The number of methoxy groups -OCH3 is 1. The number of hydrogen-bond donors (Lipinski definition) is 0. The highest BCUT2D eigenvalue weighted by molar-refractivity contribution is 5.83. The molecule has 2 saturated heterocycles. The first kappa shape index (κ1) is 16.1. The summed E-state index contributed by atoms with van der Waals surface area (Å²) in [6.07, 6.45) is 2.24. The van der Waals surface area contributed by atoms with E-state index in [1.54, 1.807) is 0 Å². The first-order chi connectivity index (χ1) is 9.83. The lowest BCUT2D eigenvalue weighted by Gasteiger charge is -2.28. The smallest absolute Gasteiger partial charge is 0.411 e. The highest BCUT2D eigenvalue weighted by Gasteiger charge is 2.50. The Balaban J connectivity index is 2.19. The van der Waals surface area contributed by atoms with E-state index < -0.39 is 23.7 Å². The Labute approximate surface area is 125 Å². The van der Waals surface area contributed by atoms with Gasteiger partial charge in [-0.3, -0.25) is 4.90 Å². The average Bonchev–Trinajstić information content (AvgIpc) is 2.59. The zero-order valence-electron chi connectivity index (χ0n) is 13.3. The van der Waals surface area contributed by atoms with Gasteiger partial charge in [0.15, 0.2) is 6.04 Å². The fourth-order valence-corrected chi connectivity index (χ4v) is 3.01. The van der Waals surface area contributed by atoms with Crippen molar-refractivity contribution in [2.24, 2.45) is 5.92 Å². The van der Waals surface area contributed by atoms with E-state index in [4.69, 9.17) is 14.2 Å². The largest absolute Gasteiger partial charge is 0.467 e. The normalized spacial score (nSPS) is 29.5. The summed E-state index contributed by atoms with van der Waals surface area (Å²) in [6.45, 7) is 6.53. The lowest BCUT2D eigenvalue weighted by Crippen LogP contribution is -2.48. The van der Waals surface area contributed by atoms with Gasteiger partial charge in [-0.1, -0.05) is 6.42 Å². The third-order valence-electron chi connectivity index (χ3n) is 3.89. The number of likely N-dealkylation sites (tertiary alicyclic amines) is 1. The van der Waals surface area contributed by atoms with Crippen LogP contribution in [0.15, 0.2) is 0 Å². The number of hydrogen-bond acceptors (Lipinski definition) is 5. The molecule has 0 N–H and O–H groups in total. The molecule has 120 valence electrons. The number of esters is 1. The van der Waals surface area contributed by atoms with Gasteiger partial charge in [-0.25, -0.2) is 9.59 Å². The average molecular weight is 299 g/mol. The second kappa shape index (κ2) is 6.22. The molecule has 2 aliphatic rings. The second-order valence-corrected chi connectivity index (χ2v) is 6.69. The van der Waals surface area contributed by atoms with Gasteiger partial charge in [0, 0.05) is 19.1 Å². The van der Waals surface area contributed by atoms with Crippen molar-refractivity contribution >= 4 is 12.1 Å². The summed E-state index contributed by atoms with van der Waals surface area (Å²) in [5, 5.41) is 0. The van der Waals surface area contributed by atoms with Crippen molar-refractivity contribution in [3.63, 3.8) is 0 Å². The number of rotatable bonds is 1. The fourth-order valence-electron chi connectivity index (χ4n) is 3.01. The van der Waals surface area contributed by atoms with Crippen molar-refractivity contribution in [1.29, 1.82) is 0 Å². The van der Waals surface area contributed by atoms with Crippen molar-refractivity contribution < 1.29 is 23.8 Å². The van der Waals surface area contributed by atoms with Gasteiger partial charge in [-0.05, 0) is 33.6 Å². The molecule has 0 aromatic heterocycles. The fraction of sp³-hybridized carbons (Fsp3) is 0.867. The van der Waals surface area contributed by atoms with Gasteiger partial charge in [0.05, 0.1) is 13.2 Å². The highest BCUT2D eigenvalue weighted by Crippen LogP contribution is 2.34. The molecule has 3 unspecified atom stereocenters. The summed E-state index contributed by atoms with van der Waals surface area (Å²) in [6, 6.07) is -0.701. The molecular formula is C15H25NO5. The summed E-state index contributed by atoms with van der Waals surface area (Å²) in [5.41, 5.74) is -0.594. The van der Waals surface area contributed by atoms with Crippen LogP contribution >= 0.6 is 0 Å². The quantitative estimate of drug-likeness (QED) is 0.693. The second-order valence-electron chi connectivity index (χ2n) is 6.69. The Morgan fingerprint density at radius 3 is 2.57 bits per heavy atom. The van der Waals surface area contributed by atoms with Crippen LogP contribution in [0, 0.1) is 5.92 Å². The Kier molecular flexibility index (Phi) is 4.76. The number of ether oxygens (including phenoxy) is 3. The number of nitrogens with zero attached hydrogens (tertiary/aromatic N) is 1. The van der Waals surface area contributed by atoms with E-state index in [0.717, 1.165) is 19.3 Å². The Bertz CT molecular complexity index is 403. The molecule has 6 heteroatoms. The molecule has 1 amide bonds. The van der Waals surface area contributed by atoms with Gasteiger partial charge in [0.2, 0.25) is 0 Å². The molecule has 2 fully saturated rings. The molecule has 0 radical (unpaired) electrons. The van der Waals surface area contributed by atoms with Crippen LogP contribution < -0.4 is 0 Å². The predicted octanol–water partition coefficient (Wildman–Crippen LogP) is 1.96. The Hall–Kier alpha value is -1.30. The van der Waals surface area contributed by atoms with Crippen LogP contribution in [0.5, 0.6) is 0 Å². The molecule has 21 heavy (non-hydrogen) atoms. The molecular weight excluding hydrogens is 274 g/mol. The maximum absolute atomic E-state index is 12.4. The van der Waals surface area contributed by atoms with Crippen LogP contribution in [-0.2, 0) is 19.0 Å². The zero-order valence-corrected chi connectivity index (χ0v) is 13.3. The molecule has 0 saturated carbocycles. The van der Waals surface area contributed by atoms with Gasteiger partial charge in [0.1, 0.15) is 5.60 Å². The molecule has 0 spiro atoms. The number of carbonyl (C=O) groups is 2. The summed E-state index contributed by atoms with van der Waals surface area (Å²) >= 11 is 0. The third-order valence-corrected chi connectivity index (χ3v) is 3.89. The molecule has 2 heterocycles. The molecule has 0 aromatic rings. The molecule has 2 rings (SSSR count). The summed E-state index contributed by atoms with van der Waals surface area (Å²) < 4.78 is 16.1. The van der Waals surface area contributed by atoms with Crippen molar-refractivity contribution in [3.8, 4) is 0 Å². The van der Waals surface area contributed by atoms with E-state index in [1.165, 1.54) is 12.0 Å². The summed E-state index contributed by atoms with van der Waals surface area (Å²) in [5.74, 6) is -0.264. The number of carbonyl (C=O) groups excluding carboxylic acids is 2. The van der Waals surface area contributed by atoms with E-state index in [-0.39, 0.29) is 12.0 Å². The van der Waals surface area contributed by atoms with E-state index >= 15 is 0 Å². The van der Waals surface area contributed by atoms with Gasteiger partial charge in [0.25, 0.3) is 0 Å². The molecule has 0 aromatic carbocycles. The van der Waals surface area contributed by atoms with Crippen LogP contribution in [0.3, 0.4) is 0 Å². The van der Waals surface area contributed by atoms with Gasteiger partial charge < -0.3 is 14.2 Å². The molecule has 2 aliphatic heterocycles. The minimum Gasteiger partial charge on any atom is -0.467 e. The lowest BCUT2D eigenvalue weighted by molar-refractivity contribution is -0.150. The number of fused-ring (bicyclic) bond motifs is 1. The van der Waals surface area contributed by atoms with Crippen LogP contribution in [-0.4, -0.2) is 55.0 Å². The summed E-state index contributed by atoms with van der Waals surface area (Å²) in [4.78, 5) is 25.9. The number of amides is 1. The van der Waals surface area contributed by atoms with Crippen molar-refractivity contribution in [2.75, 3.05) is 20.3 Å². The highest BCUT2D eigenvalue weighted by atomic mass is 16.6. The minimum absolute atomic E-state index is 0.170. The molecule has 3 atom stereocenters. The third kappa shape index (κ3) is 3.67. The molecule has 0 bridgehead atoms. The summed E-state index contributed by atoms with van der Waals surface area (Å²) in [7, 11) is 1.33. The van der Waals surface area contributed by atoms with E-state index in [9.17, 15) is 9.59 Å². The van der Waals surface area contributed by atoms with Gasteiger partial charge in [-0.15, -0.1) is 0 Å². The Morgan fingerprint density at radius 1 is 1.24 bits per heavy atom. The first-order valence-corrected chi connectivity index (χ1v) is 7.52. The van der Waals surface area contributed by atoms with E-state index in [2.05, 4.69) is 0 Å². The lowest BCUT2D eigenvalue weighted by atomic mass is 9.97. The molecule has 0 aliphatic carbocycles. The zero-order chi connectivity index (χ0) is 15.6. The van der Waals surface area contributed by atoms with Crippen LogP contribution in [0.4, 0.5) is 4.79 Å². The van der Waals surface area contributed by atoms with E-state index in [0.29, 0.717) is 13.2 Å². The van der Waals surface area contributed by atoms with Crippen molar-refractivity contribution in [2.45, 2.75) is 57.8 Å². The maximum atomic E-state index is 12.4. The monoisotopic (exact) mass is 299 g/mol. The minimum atomic E-state index is -0.701. The topological polar surface area (TPSA) is 65.1 Å². The van der Waals surface area contributed by atoms with Crippen LogP contribution in [0.2, 0.25) is 0 Å². The SMILES string of the molecule is COC(=O)C1C2OCCCCC2CN1C(=O)OC(C)(C)C. The standard InChI is InChI=1S/C15H25NO5/c1-15(2,3)21-14(18)16-9-10-7-5-6-8-20-12(10)11(16)13(17)19-4/h10-12H,5-9H2,1-4H3. The van der Waals surface area contributed by atoms with Crippen LogP contribution in [0.25, 0.3) is 0 Å². The molecule has 6 nitrogen and oxygen atoms in total.